The first-order chi connectivity index (χ1) is 11.1. The molecule has 18 nitrogen and oxygen atoms in total. The van der Waals surface area contributed by atoms with Gasteiger partial charge >= 0.3 is 147 Å². The Kier molecular flexibility index (Phi) is 37.1. The summed E-state index contributed by atoms with van der Waals surface area (Å²) >= 11 is 0. The summed E-state index contributed by atoms with van der Waals surface area (Å²) in [4.78, 5) is 115. The number of rotatable bonds is 6. The normalized spacial score (nSPS) is 12.0. The van der Waals surface area contributed by atoms with Crippen LogP contribution in [0.3, 0.4) is 0 Å². The van der Waals surface area contributed by atoms with E-state index in [1.807, 2.05) is 0 Å². The molecule has 0 aliphatic rings. The predicted octanol–water partition coefficient (Wildman–Crippen LogP) is -9.69. The summed E-state index contributed by atoms with van der Waals surface area (Å²) in [5, 5.41) is 0. The first-order valence-electron chi connectivity index (χ1n) is 5.18. The van der Waals surface area contributed by atoms with E-state index in [1.165, 1.54) is 0 Å². The van der Waals surface area contributed by atoms with Crippen molar-refractivity contribution in [3.63, 3.8) is 0 Å². The summed E-state index contributed by atoms with van der Waals surface area (Å²) in [6.45, 7) is 0. The Morgan fingerprint density at radius 2 is 0.355 bits per heavy atom. The van der Waals surface area contributed by atoms with Gasteiger partial charge in [0.15, 0.2) is 0 Å². The van der Waals surface area contributed by atoms with Crippen molar-refractivity contribution >= 4 is 45.6 Å². The fraction of sp³-hybridized carbons (Fsp3) is 1.00. The smallest absolute Gasteiger partial charge is 0.810 e. The quantitative estimate of drug-likeness (QED) is 0.223. The summed E-state index contributed by atoms with van der Waals surface area (Å²) in [5.41, 5.74) is 0. The van der Waals surface area contributed by atoms with Gasteiger partial charge in [-0.2, -0.15) is 0 Å². The van der Waals surface area contributed by atoms with Crippen molar-refractivity contribution in [1.29, 1.82) is 0 Å². The molecule has 0 fully saturated rings. The summed E-state index contributed by atoms with van der Waals surface area (Å²) in [7, 11) is -31.1. The molecule has 0 saturated carbocycles. The molecule has 0 aliphatic heterocycles. The van der Waals surface area contributed by atoms with Crippen LogP contribution in [0.1, 0.15) is 0 Å². The first kappa shape index (κ1) is 53.1. The Labute approximate surface area is 291 Å². The molecule has 0 aromatic rings. The van der Waals surface area contributed by atoms with Gasteiger partial charge in [0.25, 0.3) is 0 Å². The summed E-state index contributed by atoms with van der Waals surface area (Å²) in [5.74, 6) is -5.46. The molecular weight excluding hydrogens is 1190 g/mol. The van der Waals surface area contributed by atoms with Crippen molar-refractivity contribution in [3.8, 4) is 0 Å². The summed E-state index contributed by atoms with van der Waals surface area (Å²) < 4.78 is 57.3. The zero-order valence-electron chi connectivity index (χ0n) is 13.3. The Morgan fingerprint density at radius 3 is 0.355 bits per heavy atom. The standard InChI is InChI=1S/3CH6O6P2.4Tm/c3*2-8(3,4)1-9(5,6)7;;;;/h3*1H2,(H2,2,3,4)(H2,5,6,7);;;;/q;;;4*+3/p-12. The van der Waals surface area contributed by atoms with Crippen molar-refractivity contribution in [3.05, 3.63) is 0 Å². The van der Waals surface area contributed by atoms with Gasteiger partial charge in [0, 0.05) is 17.7 Å². The van der Waals surface area contributed by atoms with Crippen LogP contribution in [0.25, 0.3) is 0 Å². The molecule has 0 saturated heterocycles. The van der Waals surface area contributed by atoms with Crippen molar-refractivity contribution < 1.29 is 234 Å². The van der Waals surface area contributed by atoms with E-state index in [-0.39, 0.29) is 147 Å². The van der Waals surface area contributed by atoms with E-state index in [9.17, 15) is 86.1 Å². The minimum absolute atomic E-state index is 0. The van der Waals surface area contributed by atoms with Gasteiger partial charge in [-0.1, -0.05) is 45.6 Å². The van der Waals surface area contributed by atoms with Gasteiger partial charge in [0.1, 0.15) is 0 Å². The fourth-order valence-electron chi connectivity index (χ4n) is 0.636. The molecule has 0 spiro atoms. The van der Waals surface area contributed by atoms with Crippen LogP contribution >= 0.6 is 45.6 Å². The molecule has 31 heavy (non-hydrogen) atoms. The van der Waals surface area contributed by atoms with E-state index in [0.717, 1.165) is 0 Å². The molecular formula is C3H6O18P6Tm4. The van der Waals surface area contributed by atoms with E-state index in [4.69, 9.17) is 0 Å². The van der Waals surface area contributed by atoms with Crippen LogP contribution in [0.15, 0.2) is 0 Å². The van der Waals surface area contributed by atoms with Crippen molar-refractivity contribution in [1.82, 2.24) is 0 Å². The summed E-state index contributed by atoms with van der Waals surface area (Å²) in [6.07, 6.45) is 0. The predicted molar refractivity (Wildman–Crippen MR) is 60.2 cm³/mol. The van der Waals surface area contributed by atoms with E-state index in [2.05, 4.69) is 0 Å². The van der Waals surface area contributed by atoms with Crippen molar-refractivity contribution in [2.75, 3.05) is 17.7 Å². The van der Waals surface area contributed by atoms with Gasteiger partial charge in [-0.15, -0.1) is 0 Å². The molecule has 28 heteroatoms. The van der Waals surface area contributed by atoms with E-state index in [0.29, 0.717) is 0 Å². The molecule has 0 aromatic carbocycles. The maximum atomic E-state index is 9.55. The summed E-state index contributed by atoms with van der Waals surface area (Å²) in [6, 6.07) is 0. The minimum Gasteiger partial charge on any atom is -0.810 e. The van der Waals surface area contributed by atoms with Gasteiger partial charge in [0.2, 0.25) is 0 Å². The van der Waals surface area contributed by atoms with Crippen LogP contribution in [0.4, 0.5) is 0 Å². The Hall–Kier alpha value is 5.84. The molecule has 0 N–H and O–H groups in total. The molecule has 0 atom stereocenters. The van der Waals surface area contributed by atoms with E-state index >= 15 is 0 Å². The third-order valence-corrected chi connectivity index (χ3v) is 9.35. The van der Waals surface area contributed by atoms with Crippen molar-refractivity contribution in [2.24, 2.45) is 0 Å². The third kappa shape index (κ3) is 72.2. The SMILES string of the molecule is O=P([O-])([O-])CP(=O)([O-])[O-].O=P([O-])([O-])CP(=O)([O-])[O-].O=P([O-])([O-])CP(=O)([O-])[O-].[Tm+3].[Tm+3].[Tm+3].[Tm+3]. The zero-order chi connectivity index (χ0) is 23.1. The second-order valence-corrected chi connectivity index (χ2v) is 14.8. The Morgan fingerprint density at radius 1 is 0.290 bits per heavy atom. The number of hydrogen-bond acceptors (Lipinski definition) is 18. The average molecular weight is 1190 g/mol. The zero-order valence-corrected chi connectivity index (χ0v) is 25.7. The average Bonchev–Trinajstić information content (AvgIpc) is 1.96. The van der Waals surface area contributed by atoms with Crippen LogP contribution < -0.4 is 58.7 Å². The molecule has 0 rings (SSSR count). The Balaban J connectivity index is -0.0000000524. The van der Waals surface area contributed by atoms with Gasteiger partial charge < -0.3 is 86.1 Å². The maximum Gasteiger partial charge on any atom is 3.00 e. The second-order valence-electron chi connectivity index (χ2n) is 4.09. The van der Waals surface area contributed by atoms with E-state index in [1.54, 1.807) is 0 Å². The second kappa shape index (κ2) is 21.6. The molecule has 208 valence electrons. The first-order valence-corrected chi connectivity index (χ1v) is 15.6. The van der Waals surface area contributed by atoms with Gasteiger partial charge in [0.05, 0.1) is 0 Å². The monoisotopic (exact) mass is 1190 g/mol. The largest absolute Gasteiger partial charge is 3.00 e. The minimum atomic E-state index is -5.18. The maximum absolute atomic E-state index is 9.55. The van der Waals surface area contributed by atoms with Gasteiger partial charge in [-0.25, -0.2) is 0 Å². The molecule has 0 aromatic heterocycles. The van der Waals surface area contributed by atoms with E-state index < -0.39 is 63.3 Å². The van der Waals surface area contributed by atoms with Crippen LogP contribution in [0.5, 0.6) is 0 Å². The molecule has 0 heterocycles. The van der Waals surface area contributed by atoms with Crippen LogP contribution in [0.2, 0.25) is 0 Å². The number of hydrogen-bond donors (Lipinski definition) is 0. The topological polar surface area (TPSA) is 379 Å². The third-order valence-electron chi connectivity index (χ3n) is 1.04. The van der Waals surface area contributed by atoms with Gasteiger partial charge in [-0.05, 0) is 0 Å². The molecule has 0 amide bonds. The van der Waals surface area contributed by atoms with Crippen molar-refractivity contribution in [2.45, 2.75) is 0 Å². The molecule has 0 unspecified atom stereocenters. The van der Waals surface area contributed by atoms with Crippen LogP contribution in [-0.2, 0) is 27.4 Å². The fourth-order valence-corrected chi connectivity index (χ4v) is 5.73. The van der Waals surface area contributed by atoms with Crippen LogP contribution in [-0.4, -0.2) is 17.7 Å². The van der Waals surface area contributed by atoms with Crippen LogP contribution in [0, 0.1) is 147 Å². The van der Waals surface area contributed by atoms with Gasteiger partial charge in [-0.3, -0.25) is 0 Å². The molecule has 0 radical (unpaired) electrons. The molecule has 0 bridgehead atoms. The Bertz CT molecular complexity index is 572. The molecule has 0 aliphatic carbocycles.